The smallest absolute Gasteiger partial charge is 0.155 e. The predicted octanol–water partition coefficient (Wildman–Crippen LogP) is 3.13. The summed E-state index contributed by atoms with van der Waals surface area (Å²) in [5, 5.41) is 11.7. The molecule has 0 aliphatic heterocycles. The number of halogens is 1. The largest absolute Gasteiger partial charge is 0.326 e. The molecule has 2 rings (SSSR count). The molecule has 1 N–H and O–H groups in total. The fourth-order valence-corrected chi connectivity index (χ4v) is 1.96. The highest BCUT2D eigenvalue weighted by Crippen LogP contribution is 2.23. The average Bonchev–Trinajstić information content (AvgIpc) is 2.47. The van der Waals surface area contributed by atoms with Gasteiger partial charge in [0.15, 0.2) is 5.82 Å². The molecule has 0 saturated heterocycles. The van der Waals surface area contributed by atoms with Crippen molar-refractivity contribution in [3.8, 4) is 0 Å². The average molecular weight is 288 g/mol. The summed E-state index contributed by atoms with van der Waals surface area (Å²) in [7, 11) is 1.78. The fourth-order valence-electron chi connectivity index (χ4n) is 1.96. The molecule has 21 heavy (non-hydrogen) atoms. The SMILES string of the molecule is CC(C)CNCc1ccc(N(C)c2ccccc2F)nn1. The number of benzene rings is 1. The second-order valence-electron chi connectivity index (χ2n) is 5.42. The highest BCUT2D eigenvalue weighted by molar-refractivity contribution is 5.59. The lowest BCUT2D eigenvalue weighted by Crippen LogP contribution is -2.20. The zero-order valence-corrected chi connectivity index (χ0v) is 12.7. The molecule has 0 atom stereocenters. The zero-order valence-electron chi connectivity index (χ0n) is 12.7. The molecule has 1 aromatic carbocycles. The molecule has 0 amide bonds. The van der Waals surface area contributed by atoms with Crippen LogP contribution < -0.4 is 10.2 Å². The van der Waals surface area contributed by atoms with Crippen LogP contribution in [-0.4, -0.2) is 23.8 Å². The molecule has 0 fully saturated rings. The van der Waals surface area contributed by atoms with E-state index in [4.69, 9.17) is 0 Å². The van der Waals surface area contributed by atoms with Gasteiger partial charge in [-0.1, -0.05) is 26.0 Å². The quantitative estimate of drug-likeness (QED) is 0.886. The number of hydrogen-bond acceptors (Lipinski definition) is 4. The summed E-state index contributed by atoms with van der Waals surface area (Å²) in [6.45, 7) is 5.95. The van der Waals surface area contributed by atoms with Crippen LogP contribution in [0.15, 0.2) is 36.4 Å². The molecule has 1 heterocycles. The first kappa shape index (κ1) is 15.4. The molecule has 5 heteroatoms. The summed E-state index contributed by atoms with van der Waals surface area (Å²) >= 11 is 0. The molecular formula is C16H21FN4. The van der Waals surface area contributed by atoms with Gasteiger partial charge in [-0.3, -0.25) is 0 Å². The van der Waals surface area contributed by atoms with E-state index in [1.54, 1.807) is 30.1 Å². The molecule has 2 aromatic rings. The van der Waals surface area contributed by atoms with E-state index in [1.165, 1.54) is 6.07 Å². The Morgan fingerprint density at radius 2 is 1.90 bits per heavy atom. The van der Waals surface area contributed by atoms with Crippen LogP contribution in [0.4, 0.5) is 15.9 Å². The van der Waals surface area contributed by atoms with Crippen molar-refractivity contribution in [3.63, 3.8) is 0 Å². The summed E-state index contributed by atoms with van der Waals surface area (Å²) in [4.78, 5) is 1.69. The van der Waals surface area contributed by atoms with Crippen LogP contribution in [0, 0.1) is 11.7 Å². The Morgan fingerprint density at radius 3 is 2.52 bits per heavy atom. The van der Waals surface area contributed by atoms with Crippen LogP contribution in [0.5, 0.6) is 0 Å². The van der Waals surface area contributed by atoms with Crippen molar-refractivity contribution < 1.29 is 4.39 Å². The van der Waals surface area contributed by atoms with Gasteiger partial charge in [0.05, 0.1) is 11.4 Å². The lowest BCUT2D eigenvalue weighted by atomic mass is 10.2. The normalized spacial score (nSPS) is 10.9. The minimum Gasteiger partial charge on any atom is -0.326 e. The van der Waals surface area contributed by atoms with Gasteiger partial charge in [0.1, 0.15) is 5.82 Å². The number of nitrogens with one attached hydrogen (secondary N) is 1. The lowest BCUT2D eigenvalue weighted by Gasteiger charge is -2.18. The Morgan fingerprint density at radius 1 is 1.14 bits per heavy atom. The molecule has 0 bridgehead atoms. The van der Waals surface area contributed by atoms with Gasteiger partial charge in [0.2, 0.25) is 0 Å². The maximum Gasteiger partial charge on any atom is 0.155 e. The monoisotopic (exact) mass is 288 g/mol. The summed E-state index contributed by atoms with van der Waals surface area (Å²) in [6, 6.07) is 10.4. The van der Waals surface area contributed by atoms with E-state index >= 15 is 0 Å². The van der Waals surface area contributed by atoms with E-state index in [0.29, 0.717) is 24.0 Å². The van der Waals surface area contributed by atoms with Gasteiger partial charge in [-0.2, -0.15) is 5.10 Å². The van der Waals surface area contributed by atoms with Crippen molar-refractivity contribution in [1.29, 1.82) is 0 Å². The van der Waals surface area contributed by atoms with Gasteiger partial charge in [-0.05, 0) is 36.7 Å². The topological polar surface area (TPSA) is 41.0 Å². The molecule has 0 radical (unpaired) electrons. The zero-order chi connectivity index (χ0) is 15.2. The van der Waals surface area contributed by atoms with Gasteiger partial charge in [-0.15, -0.1) is 5.10 Å². The first-order valence-electron chi connectivity index (χ1n) is 7.09. The molecule has 4 nitrogen and oxygen atoms in total. The van der Waals surface area contributed by atoms with E-state index < -0.39 is 0 Å². The van der Waals surface area contributed by atoms with Gasteiger partial charge in [-0.25, -0.2) is 4.39 Å². The third-order valence-electron chi connectivity index (χ3n) is 3.12. The van der Waals surface area contributed by atoms with Crippen molar-refractivity contribution in [2.24, 2.45) is 5.92 Å². The second-order valence-corrected chi connectivity index (χ2v) is 5.42. The Kier molecular flexibility index (Phi) is 5.22. The van der Waals surface area contributed by atoms with Gasteiger partial charge >= 0.3 is 0 Å². The van der Waals surface area contributed by atoms with E-state index in [2.05, 4.69) is 29.4 Å². The van der Waals surface area contributed by atoms with Crippen molar-refractivity contribution in [3.05, 3.63) is 47.9 Å². The molecule has 0 spiro atoms. The number of aromatic nitrogens is 2. The van der Waals surface area contributed by atoms with E-state index in [-0.39, 0.29) is 5.82 Å². The van der Waals surface area contributed by atoms with E-state index in [1.807, 2.05) is 12.1 Å². The number of anilines is 2. The number of rotatable bonds is 6. The van der Waals surface area contributed by atoms with Crippen molar-refractivity contribution in [2.45, 2.75) is 20.4 Å². The highest BCUT2D eigenvalue weighted by atomic mass is 19.1. The second kappa shape index (κ2) is 7.13. The Labute approximate surface area is 125 Å². The lowest BCUT2D eigenvalue weighted by molar-refractivity contribution is 0.546. The van der Waals surface area contributed by atoms with Gasteiger partial charge in [0.25, 0.3) is 0 Å². The van der Waals surface area contributed by atoms with Crippen molar-refractivity contribution in [2.75, 3.05) is 18.5 Å². The minimum absolute atomic E-state index is 0.274. The molecule has 0 aliphatic carbocycles. The first-order valence-corrected chi connectivity index (χ1v) is 7.09. The van der Waals surface area contributed by atoms with Gasteiger partial charge < -0.3 is 10.2 Å². The van der Waals surface area contributed by atoms with Crippen LogP contribution in [0.1, 0.15) is 19.5 Å². The molecule has 0 unspecified atom stereocenters. The highest BCUT2D eigenvalue weighted by Gasteiger charge is 2.10. The van der Waals surface area contributed by atoms with Crippen LogP contribution in [0.3, 0.4) is 0 Å². The Bertz CT molecular complexity index is 569. The summed E-state index contributed by atoms with van der Waals surface area (Å²) < 4.78 is 13.7. The fraction of sp³-hybridized carbons (Fsp3) is 0.375. The molecule has 1 aromatic heterocycles. The number of para-hydroxylation sites is 1. The molecule has 0 saturated carbocycles. The molecular weight excluding hydrogens is 267 g/mol. The van der Waals surface area contributed by atoms with Crippen LogP contribution in [0.25, 0.3) is 0 Å². The van der Waals surface area contributed by atoms with E-state index in [9.17, 15) is 4.39 Å². The maximum absolute atomic E-state index is 13.7. The third-order valence-corrected chi connectivity index (χ3v) is 3.12. The Hall–Kier alpha value is -2.01. The van der Waals surface area contributed by atoms with Crippen LogP contribution >= 0.6 is 0 Å². The summed E-state index contributed by atoms with van der Waals surface area (Å²) in [5.41, 5.74) is 1.36. The molecule has 112 valence electrons. The summed E-state index contributed by atoms with van der Waals surface area (Å²) in [6.07, 6.45) is 0. The maximum atomic E-state index is 13.7. The number of nitrogens with zero attached hydrogens (tertiary/aromatic N) is 3. The summed E-state index contributed by atoms with van der Waals surface area (Å²) in [5.74, 6) is 0.946. The Balaban J connectivity index is 2.03. The standard InChI is InChI=1S/C16H21FN4/c1-12(2)10-18-11-13-8-9-16(20-19-13)21(3)15-7-5-4-6-14(15)17/h4-9,12,18H,10-11H2,1-3H3. The van der Waals surface area contributed by atoms with Gasteiger partial charge in [0, 0.05) is 13.6 Å². The predicted molar refractivity (Wildman–Crippen MR) is 83.0 cm³/mol. The minimum atomic E-state index is -0.274. The van der Waals surface area contributed by atoms with Crippen molar-refractivity contribution in [1.82, 2.24) is 15.5 Å². The van der Waals surface area contributed by atoms with Crippen LogP contribution in [0.2, 0.25) is 0 Å². The van der Waals surface area contributed by atoms with E-state index in [0.717, 1.165) is 12.2 Å². The third kappa shape index (κ3) is 4.23. The van der Waals surface area contributed by atoms with Crippen LogP contribution in [-0.2, 0) is 6.54 Å². The van der Waals surface area contributed by atoms with Crippen molar-refractivity contribution >= 4 is 11.5 Å². The molecule has 0 aliphatic rings. The first-order chi connectivity index (χ1) is 10.1. The number of hydrogen-bond donors (Lipinski definition) is 1.